The number of oxime groups is 1. The molecule has 1 amide bonds. The van der Waals surface area contributed by atoms with Crippen molar-refractivity contribution < 1.29 is 53.1 Å². The molecule has 3 aliphatic rings. The molecule has 14 heteroatoms. The van der Waals surface area contributed by atoms with E-state index in [4.69, 9.17) is 28.5 Å². The monoisotopic (exact) mass is 815 g/mol. The molecular formula is C44H69N3O11. The predicted molar refractivity (Wildman–Crippen MR) is 219 cm³/mol. The molecule has 2 N–H and O–H groups in total. The average molecular weight is 816 g/mol. The molecule has 0 spiro atoms. The molecule has 0 saturated carbocycles. The third kappa shape index (κ3) is 11.2. The van der Waals surface area contributed by atoms with Crippen LogP contribution in [0.25, 0.3) is 0 Å². The van der Waals surface area contributed by atoms with Crippen molar-refractivity contribution in [2.24, 2.45) is 33.8 Å². The molecule has 4 rings (SSSR count). The molecule has 2 bridgehead atoms. The van der Waals surface area contributed by atoms with Crippen molar-refractivity contribution in [3.05, 3.63) is 35.9 Å². The van der Waals surface area contributed by atoms with Gasteiger partial charge in [0.25, 0.3) is 0 Å². The van der Waals surface area contributed by atoms with Gasteiger partial charge in [0, 0.05) is 36.1 Å². The number of carbonyl (C=O) groups is 3. The molecule has 0 radical (unpaired) electrons. The maximum absolute atomic E-state index is 14.6. The average Bonchev–Trinajstić information content (AvgIpc) is 3.17. The topological polar surface area (TPSA) is 175 Å². The minimum absolute atomic E-state index is 0.150. The number of aliphatic hydroxyl groups excluding tert-OH is 1. The molecule has 1 aromatic rings. The van der Waals surface area contributed by atoms with Gasteiger partial charge in [-0.25, -0.2) is 4.99 Å². The Labute approximate surface area is 345 Å². The number of fused-ring (bicyclic) bond motifs is 5. The maximum atomic E-state index is 14.6. The SMILES string of the molecule is CC[C@H]1OC(=O)[C@H](C)C(=O)[C@H](C)[C@@H](O[C@@H]2O[C@H](C)C[C@H](N(C)C(C)(C)C)[C@H]2O)[C@@]2(C)C[C@@H](C)C(=NC(C)=O)[C@H](C)[C@@H](OC/C(=N\OCc3ccccc3)CO2)[C@]1(C)O. The van der Waals surface area contributed by atoms with E-state index in [0.717, 1.165) is 5.56 Å². The summed E-state index contributed by atoms with van der Waals surface area (Å²) in [5.41, 5.74) is -1.87. The molecule has 3 saturated heterocycles. The Balaban J connectivity index is 1.94. The molecule has 0 unspecified atom stereocenters. The summed E-state index contributed by atoms with van der Waals surface area (Å²) < 4.78 is 32.7. The van der Waals surface area contributed by atoms with Gasteiger partial charge in [0.1, 0.15) is 36.0 Å². The number of nitrogens with zero attached hydrogens (tertiary/aromatic N) is 3. The number of aliphatic imine (C=N–C) groups is 1. The van der Waals surface area contributed by atoms with Crippen LogP contribution in [-0.2, 0) is 49.5 Å². The van der Waals surface area contributed by atoms with E-state index in [9.17, 15) is 24.6 Å². The van der Waals surface area contributed by atoms with E-state index in [-0.39, 0.29) is 50.3 Å². The Morgan fingerprint density at radius 1 is 1.03 bits per heavy atom. The summed E-state index contributed by atoms with van der Waals surface area (Å²) in [6, 6.07) is 9.18. The van der Waals surface area contributed by atoms with Gasteiger partial charge in [0.05, 0.1) is 37.1 Å². The first-order valence-corrected chi connectivity index (χ1v) is 20.8. The lowest BCUT2D eigenvalue weighted by atomic mass is 9.73. The normalized spacial score (nSPS) is 38.8. The number of rotatable bonds is 7. The van der Waals surface area contributed by atoms with Crippen molar-refractivity contribution in [1.29, 1.82) is 0 Å². The number of ketones is 1. The largest absolute Gasteiger partial charge is 0.459 e. The summed E-state index contributed by atoms with van der Waals surface area (Å²) in [4.78, 5) is 53.7. The van der Waals surface area contributed by atoms with Gasteiger partial charge in [0.2, 0.25) is 5.91 Å². The fourth-order valence-electron chi connectivity index (χ4n) is 8.75. The number of benzene rings is 1. The van der Waals surface area contributed by atoms with Gasteiger partial charge in [-0.3, -0.25) is 19.3 Å². The zero-order valence-corrected chi connectivity index (χ0v) is 36.9. The Bertz CT molecular complexity index is 1630. The number of likely N-dealkylation sites (N-methyl/N-ethyl adjacent to an activating group) is 1. The third-order valence-electron chi connectivity index (χ3n) is 12.3. The number of Topliss-reactive ketones (excluding diaryl/α,β-unsaturated/α-hetero) is 1. The molecule has 14 nitrogen and oxygen atoms in total. The summed E-state index contributed by atoms with van der Waals surface area (Å²) in [5, 5.41) is 28.8. The van der Waals surface area contributed by atoms with Crippen LogP contribution >= 0.6 is 0 Å². The zero-order chi connectivity index (χ0) is 43.3. The van der Waals surface area contributed by atoms with Gasteiger partial charge >= 0.3 is 5.97 Å². The Kier molecular flexibility index (Phi) is 16.0. The zero-order valence-electron chi connectivity index (χ0n) is 36.9. The van der Waals surface area contributed by atoms with Crippen LogP contribution in [0.15, 0.2) is 40.5 Å². The van der Waals surface area contributed by atoms with Crippen molar-refractivity contribution in [1.82, 2.24) is 4.90 Å². The summed E-state index contributed by atoms with van der Waals surface area (Å²) in [7, 11) is 1.95. The minimum Gasteiger partial charge on any atom is -0.459 e. The van der Waals surface area contributed by atoms with E-state index in [1.54, 1.807) is 13.8 Å². The molecule has 0 aliphatic carbocycles. The highest BCUT2D eigenvalue weighted by Gasteiger charge is 2.53. The molecule has 3 heterocycles. The van der Waals surface area contributed by atoms with Crippen molar-refractivity contribution in [2.75, 3.05) is 20.3 Å². The fourth-order valence-corrected chi connectivity index (χ4v) is 8.75. The van der Waals surface area contributed by atoms with Crippen LogP contribution in [0.2, 0.25) is 0 Å². The van der Waals surface area contributed by atoms with E-state index in [1.165, 1.54) is 20.8 Å². The molecule has 3 fully saturated rings. The number of amides is 1. The first-order chi connectivity index (χ1) is 27.0. The van der Waals surface area contributed by atoms with Crippen molar-refractivity contribution >= 4 is 29.1 Å². The molecular weight excluding hydrogens is 746 g/mol. The summed E-state index contributed by atoms with van der Waals surface area (Å²) in [6.07, 6.45) is -5.08. The summed E-state index contributed by atoms with van der Waals surface area (Å²) >= 11 is 0. The van der Waals surface area contributed by atoms with Gasteiger partial charge in [0.15, 0.2) is 12.1 Å². The number of esters is 1. The van der Waals surface area contributed by atoms with Gasteiger partial charge < -0.3 is 38.7 Å². The summed E-state index contributed by atoms with van der Waals surface area (Å²) in [6.45, 7) is 21.3. The second-order valence-corrected chi connectivity index (χ2v) is 18.1. The highest BCUT2D eigenvalue weighted by Crippen LogP contribution is 2.40. The lowest BCUT2D eigenvalue weighted by molar-refractivity contribution is -0.299. The molecule has 3 aliphatic heterocycles. The number of hydrogen-bond acceptors (Lipinski definition) is 13. The second-order valence-electron chi connectivity index (χ2n) is 18.1. The minimum atomic E-state index is -1.83. The van der Waals surface area contributed by atoms with Crippen LogP contribution in [-0.4, -0.2) is 124 Å². The molecule has 0 aromatic heterocycles. The van der Waals surface area contributed by atoms with Crippen LogP contribution in [0.1, 0.15) is 108 Å². The number of aliphatic hydroxyl groups is 2. The quantitative estimate of drug-likeness (QED) is 0.207. The van der Waals surface area contributed by atoms with Crippen LogP contribution in [0.4, 0.5) is 0 Å². The Hall–Kier alpha value is -3.11. The van der Waals surface area contributed by atoms with Crippen LogP contribution in [0, 0.1) is 23.7 Å². The number of ether oxygens (including phenoxy) is 5. The lowest BCUT2D eigenvalue weighted by Gasteiger charge is -2.49. The second kappa shape index (κ2) is 19.5. The fraction of sp³-hybridized carbons (Fsp3) is 0.750. The number of hydrogen-bond donors (Lipinski definition) is 2. The first kappa shape index (κ1) is 47.6. The summed E-state index contributed by atoms with van der Waals surface area (Å²) in [5.74, 6) is -5.25. The lowest BCUT2D eigenvalue weighted by Crippen LogP contribution is -2.62. The standard InChI is InChI=1S/C44H69N3O11/c1-14-34-44(12,52)39-27(4)35(45-30(7)48)25(2)21-43(11,54-24-32(23-53-39)46-55-22-31-18-16-15-17-19-31)38(28(5)36(49)29(6)40(51)57-34)58-41-37(50)33(20-26(3)56-41)47(13)42(8,9)10/h15-19,25-29,33-34,37-39,41,50,52H,14,20-24H2,1-13H3/b45-35?,46-32+/t25-,26-,27+,28+,29-,33+,34-,37-,38-,39-,41+,43-,44-/m1/s1. The third-order valence-corrected chi connectivity index (χ3v) is 12.3. The van der Waals surface area contributed by atoms with E-state index >= 15 is 0 Å². The van der Waals surface area contributed by atoms with Gasteiger partial charge in [-0.1, -0.05) is 63.2 Å². The van der Waals surface area contributed by atoms with Crippen molar-refractivity contribution in [2.45, 2.75) is 169 Å². The predicted octanol–water partition coefficient (Wildman–Crippen LogP) is 5.29. The van der Waals surface area contributed by atoms with E-state index in [2.05, 4.69) is 35.8 Å². The smallest absolute Gasteiger partial charge is 0.316 e. The maximum Gasteiger partial charge on any atom is 0.316 e. The first-order valence-electron chi connectivity index (χ1n) is 20.8. The molecule has 1 aromatic carbocycles. The van der Waals surface area contributed by atoms with Crippen LogP contribution in [0.5, 0.6) is 0 Å². The Morgan fingerprint density at radius 2 is 1.69 bits per heavy atom. The van der Waals surface area contributed by atoms with E-state index in [1.807, 2.05) is 65.1 Å². The van der Waals surface area contributed by atoms with Gasteiger partial charge in [-0.2, -0.15) is 0 Å². The van der Waals surface area contributed by atoms with Crippen molar-refractivity contribution in [3.8, 4) is 0 Å². The number of carbonyl (C=O) groups excluding carboxylic acids is 3. The van der Waals surface area contributed by atoms with Crippen LogP contribution < -0.4 is 0 Å². The highest BCUT2D eigenvalue weighted by molar-refractivity contribution is 6.00. The van der Waals surface area contributed by atoms with Crippen molar-refractivity contribution in [3.63, 3.8) is 0 Å². The molecule has 13 atom stereocenters. The Morgan fingerprint density at radius 3 is 2.29 bits per heavy atom. The van der Waals surface area contributed by atoms with E-state index in [0.29, 0.717) is 17.8 Å². The van der Waals surface area contributed by atoms with Gasteiger partial charge in [-0.15, -0.1) is 0 Å². The molecule has 58 heavy (non-hydrogen) atoms. The number of cyclic esters (lactones) is 1. The van der Waals surface area contributed by atoms with Crippen LogP contribution in [0.3, 0.4) is 0 Å². The van der Waals surface area contributed by atoms with E-state index < -0.39 is 83.2 Å². The molecule has 326 valence electrons. The highest BCUT2D eigenvalue weighted by atomic mass is 16.7. The van der Waals surface area contributed by atoms with Gasteiger partial charge in [-0.05, 0) is 86.3 Å².